The first-order chi connectivity index (χ1) is 16.1. The maximum absolute atomic E-state index is 12.6. The lowest BCUT2D eigenvalue weighted by Crippen LogP contribution is -2.14. The molecule has 0 saturated carbocycles. The predicted molar refractivity (Wildman–Crippen MR) is 129 cm³/mol. The molecule has 8 nitrogen and oxygen atoms in total. The lowest BCUT2D eigenvalue weighted by atomic mass is 10.2. The van der Waals surface area contributed by atoms with Crippen LogP contribution >= 0.6 is 23.1 Å². The summed E-state index contributed by atoms with van der Waals surface area (Å²) in [5.74, 6) is 0.103. The Kier molecular flexibility index (Phi) is 7.16. The van der Waals surface area contributed by atoms with Gasteiger partial charge in [0.05, 0.1) is 18.1 Å². The molecule has 10 heteroatoms. The number of thiazole rings is 1. The number of hydrogen-bond donors (Lipinski definition) is 1. The number of anilines is 1. The third kappa shape index (κ3) is 5.29. The van der Waals surface area contributed by atoms with E-state index in [4.69, 9.17) is 4.74 Å². The zero-order valence-electron chi connectivity index (χ0n) is 18.0. The molecule has 4 rings (SSSR count). The Balaban J connectivity index is 1.51. The molecule has 0 saturated heterocycles. The minimum absolute atomic E-state index is 0.104. The van der Waals surface area contributed by atoms with Gasteiger partial charge in [0.1, 0.15) is 4.88 Å². The SMILES string of the molecule is CCOC(=O)c1sc(NC(=O)CSc2nnc(-c3ccccc3)n2-c2ccccc2)nc1C. The Bertz CT molecular complexity index is 1260. The first kappa shape index (κ1) is 22.7. The normalized spacial score (nSPS) is 10.7. The first-order valence-corrected chi connectivity index (χ1v) is 12.0. The van der Waals surface area contributed by atoms with Gasteiger partial charge in [0, 0.05) is 11.3 Å². The van der Waals surface area contributed by atoms with Gasteiger partial charge in [0.25, 0.3) is 0 Å². The number of hydrogen-bond acceptors (Lipinski definition) is 8. The molecule has 0 spiro atoms. The third-order valence-corrected chi connectivity index (χ3v) is 6.50. The highest BCUT2D eigenvalue weighted by Gasteiger charge is 2.19. The summed E-state index contributed by atoms with van der Waals surface area (Å²) < 4.78 is 6.95. The molecule has 0 fully saturated rings. The summed E-state index contributed by atoms with van der Waals surface area (Å²) in [7, 11) is 0. The van der Waals surface area contributed by atoms with Gasteiger partial charge in [0.2, 0.25) is 5.91 Å². The van der Waals surface area contributed by atoms with Crippen molar-refractivity contribution in [1.29, 1.82) is 0 Å². The highest BCUT2D eigenvalue weighted by Crippen LogP contribution is 2.28. The molecule has 2 heterocycles. The fraction of sp³-hybridized carbons (Fsp3) is 0.174. The van der Waals surface area contributed by atoms with Gasteiger partial charge >= 0.3 is 5.97 Å². The Morgan fingerprint density at radius 2 is 1.76 bits per heavy atom. The lowest BCUT2D eigenvalue weighted by Gasteiger charge is -2.10. The van der Waals surface area contributed by atoms with Crippen LogP contribution in [0.25, 0.3) is 17.1 Å². The number of aryl methyl sites for hydroxylation is 1. The monoisotopic (exact) mass is 479 g/mol. The van der Waals surface area contributed by atoms with Crippen LogP contribution in [0.3, 0.4) is 0 Å². The quantitative estimate of drug-likeness (QED) is 0.291. The summed E-state index contributed by atoms with van der Waals surface area (Å²) >= 11 is 2.37. The van der Waals surface area contributed by atoms with Crippen molar-refractivity contribution in [2.24, 2.45) is 0 Å². The molecule has 0 radical (unpaired) electrons. The summed E-state index contributed by atoms with van der Waals surface area (Å²) in [6.45, 7) is 3.73. The number of nitrogens with zero attached hydrogens (tertiary/aromatic N) is 4. The van der Waals surface area contributed by atoms with Crippen LogP contribution in [0.1, 0.15) is 22.3 Å². The van der Waals surface area contributed by atoms with Crippen molar-refractivity contribution in [3.05, 3.63) is 71.2 Å². The molecule has 1 N–H and O–H groups in total. The highest BCUT2D eigenvalue weighted by molar-refractivity contribution is 7.99. The van der Waals surface area contributed by atoms with E-state index >= 15 is 0 Å². The van der Waals surface area contributed by atoms with Crippen LogP contribution in [-0.4, -0.2) is 44.0 Å². The van der Waals surface area contributed by atoms with Crippen molar-refractivity contribution in [3.63, 3.8) is 0 Å². The van der Waals surface area contributed by atoms with Crippen LogP contribution in [0, 0.1) is 6.92 Å². The average Bonchev–Trinajstić information content (AvgIpc) is 3.42. The Hall–Kier alpha value is -3.50. The molecule has 0 bridgehead atoms. The van der Waals surface area contributed by atoms with E-state index < -0.39 is 5.97 Å². The zero-order valence-corrected chi connectivity index (χ0v) is 19.7. The standard InChI is InChI=1S/C23H21N5O3S2/c1-3-31-21(30)19-15(2)24-22(33-19)25-18(29)14-32-23-27-26-20(16-10-6-4-7-11-16)28(23)17-12-8-5-9-13-17/h4-13H,3,14H2,1-2H3,(H,24,25,29). The number of para-hydroxylation sites is 1. The van der Waals surface area contributed by atoms with Gasteiger partial charge in [-0.1, -0.05) is 71.6 Å². The number of thioether (sulfide) groups is 1. The molecule has 33 heavy (non-hydrogen) atoms. The van der Waals surface area contributed by atoms with Crippen LogP contribution in [-0.2, 0) is 9.53 Å². The Morgan fingerprint density at radius 3 is 2.45 bits per heavy atom. The maximum Gasteiger partial charge on any atom is 0.350 e. The smallest absolute Gasteiger partial charge is 0.350 e. The third-order valence-electron chi connectivity index (χ3n) is 4.52. The van der Waals surface area contributed by atoms with Gasteiger partial charge in [-0.05, 0) is 26.0 Å². The summed E-state index contributed by atoms with van der Waals surface area (Å²) in [5, 5.41) is 12.4. The first-order valence-electron chi connectivity index (χ1n) is 10.2. The van der Waals surface area contributed by atoms with E-state index in [0.717, 1.165) is 22.6 Å². The van der Waals surface area contributed by atoms with Crippen molar-refractivity contribution in [1.82, 2.24) is 19.7 Å². The van der Waals surface area contributed by atoms with E-state index in [9.17, 15) is 9.59 Å². The van der Waals surface area contributed by atoms with Crippen molar-refractivity contribution < 1.29 is 14.3 Å². The van der Waals surface area contributed by atoms with Crippen molar-refractivity contribution in [2.45, 2.75) is 19.0 Å². The summed E-state index contributed by atoms with van der Waals surface area (Å²) in [4.78, 5) is 29.2. The van der Waals surface area contributed by atoms with E-state index in [2.05, 4.69) is 20.5 Å². The second-order valence-electron chi connectivity index (χ2n) is 6.83. The number of rotatable bonds is 8. The van der Waals surface area contributed by atoms with Gasteiger partial charge in [-0.2, -0.15) is 0 Å². The van der Waals surface area contributed by atoms with E-state index in [0.29, 0.717) is 26.7 Å². The number of amides is 1. The van der Waals surface area contributed by atoms with Crippen molar-refractivity contribution >= 4 is 40.1 Å². The number of nitrogens with one attached hydrogen (secondary N) is 1. The molecule has 4 aromatic rings. The second-order valence-corrected chi connectivity index (χ2v) is 8.78. The van der Waals surface area contributed by atoms with Crippen LogP contribution in [0.2, 0.25) is 0 Å². The lowest BCUT2D eigenvalue weighted by molar-refractivity contribution is -0.113. The largest absolute Gasteiger partial charge is 0.462 e. The summed E-state index contributed by atoms with van der Waals surface area (Å²) in [5.41, 5.74) is 2.35. The molecule has 0 aliphatic heterocycles. The van der Waals surface area contributed by atoms with Gasteiger partial charge in [-0.3, -0.25) is 9.36 Å². The molecular weight excluding hydrogens is 458 g/mol. The Labute approximate surface area is 199 Å². The molecule has 0 atom stereocenters. The fourth-order valence-electron chi connectivity index (χ4n) is 3.07. The molecule has 0 aliphatic carbocycles. The van der Waals surface area contributed by atoms with Gasteiger partial charge in [0.15, 0.2) is 16.1 Å². The zero-order chi connectivity index (χ0) is 23.2. The van der Waals surface area contributed by atoms with Crippen LogP contribution < -0.4 is 5.32 Å². The van der Waals surface area contributed by atoms with Gasteiger partial charge < -0.3 is 10.1 Å². The molecule has 0 aliphatic rings. The number of benzene rings is 2. The molecule has 0 unspecified atom stereocenters. The van der Waals surface area contributed by atoms with Crippen LogP contribution in [0.4, 0.5) is 5.13 Å². The highest BCUT2D eigenvalue weighted by atomic mass is 32.2. The van der Waals surface area contributed by atoms with Crippen molar-refractivity contribution in [2.75, 3.05) is 17.7 Å². The second kappa shape index (κ2) is 10.4. The summed E-state index contributed by atoms with van der Waals surface area (Å²) in [6, 6.07) is 19.5. The average molecular weight is 480 g/mol. The van der Waals surface area contributed by atoms with Crippen LogP contribution in [0.15, 0.2) is 65.8 Å². The molecular formula is C23H21N5O3S2. The minimum atomic E-state index is -0.438. The number of carbonyl (C=O) groups excluding carboxylic acids is 2. The number of aromatic nitrogens is 4. The van der Waals surface area contributed by atoms with E-state index in [1.54, 1.807) is 13.8 Å². The van der Waals surface area contributed by atoms with Gasteiger partial charge in [-0.25, -0.2) is 9.78 Å². The molecule has 1 amide bonds. The fourth-order valence-corrected chi connectivity index (χ4v) is 4.70. The summed E-state index contributed by atoms with van der Waals surface area (Å²) in [6.07, 6.45) is 0. The number of esters is 1. The van der Waals surface area contributed by atoms with Crippen molar-refractivity contribution in [3.8, 4) is 17.1 Å². The van der Waals surface area contributed by atoms with E-state index in [1.165, 1.54) is 11.8 Å². The van der Waals surface area contributed by atoms with Crippen LogP contribution in [0.5, 0.6) is 0 Å². The topological polar surface area (TPSA) is 99.0 Å². The number of carbonyl (C=O) groups is 2. The predicted octanol–water partition coefficient (Wildman–Crippen LogP) is 4.61. The molecule has 168 valence electrons. The minimum Gasteiger partial charge on any atom is -0.462 e. The molecule has 2 aromatic carbocycles. The van der Waals surface area contributed by atoms with Gasteiger partial charge in [-0.15, -0.1) is 10.2 Å². The Morgan fingerprint density at radius 1 is 1.06 bits per heavy atom. The molecule has 2 aromatic heterocycles. The maximum atomic E-state index is 12.6. The number of ether oxygens (including phenoxy) is 1. The van der Waals surface area contributed by atoms with E-state index in [-0.39, 0.29) is 18.3 Å². The van der Waals surface area contributed by atoms with E-state index in [1.807, 2.05) is 65.2 Å².